The first-order chi connectivity index (χ1) is 9.86. The number of anilines is 1. The van der Waals surface area contributed by atoms with Gasteiger partial charge in [-0.15, -0.1) is 0 Å². The van der Waals surface area contributed by atoms with Crippen LogP contribution in [0.15, 0.2) is 11.1 Å². The van der Waals surface area contributed by atoms with Crippen molar-refractivity contribution in [1.82, 2.24) is 19.5 Å². The highest BCUT2D eigenvalue weighted by Crippen LogP contribution is 2.37. The number of rotatable bonds is 2. The Morgan fingerprint density at radius 2 is 2.33 bits per heavy atom. The number of aliphatic hydroxyl groups is 3. The molecule has 2 unspecified atom stereocenters. The first kappa shape index (κ1) is 13.9. The van der Waals surface area contributed by atoms with Crippen LogP contribution in [0.25, 0.3) is 11.2 Å². The van der Waals surface area contributed by atoms with E-state index < -0.39 is 36.2 Å². The van der Waals surface area contributed by atoms with Crippen molar-refractivity contribution < 1.29 is 20.1 Å². The molecule has 0 saturated carbocycles. The molecule has 2 aromatic rings. The Morgan fingerprint density at radius 3 is 2.95 bits per heavy atom. The van der Waals surface area contributed by atoms with E-state index in [1.165, 1.54) is 17.8 Å². The predicted molar refractivity (Wildman–Crippen MR) is 70.2 cm³/mol. The van der Waals surface area contributed by atoms with Crippen LogP contribution in [0.3, 0.4) is 0 Å². The summed E-state index contributed by atoms with van der Waals surface area (Å²) in [5.74, 6) is -0.104. The number of ether oxygens (including phenoxy) is 1. The maximum Gasteiger partial charge on any atom is 0.280 e. The van der Waals surface area contributed by atoms with Crippen molar-refractivity contribution in [3.8, 4) is 0 Å². The standard InChI is InChI=1S/C11H15N5O5/c1-11(20)4(2-17)21-9(6(11)18)16-3-13-5-7(16)14-10(12)15-8(5)19/h3-4,6,9,17-18,20H,2H2,1H3,(H3,12,14,15,19)/t4-,6?,9-,11?/m1/s1. The summed E-state index contributed by atoms with van der Waals surface area (Å²) in [6, 6.07) is 0. The number of imidazole rings is 1. The number of aromatic amines is 1. The monoisotopic (exact) mass is 297 g/mol. The summed E-state index contributed by atoms with van der Waals surface area (Å²) in [5, 5.41) is 29.6. The first-order valence-electron chi connectivity index (χ1n) is 6.25. The fraction of sp³-hybridized carbons (Fsp3) is 0.545. The second-order valence-corrected chi connectivity index (χ2v) is 5.14. The summed E-state index contributed by atoms with van der Waals surface area (Å²) in [6.45, 7) is 0.885. The second kappa shape index (κ2) is 4.49. The van der Waals surface area contributed by atoms with Crippen LogP contribution in [-0.2, 0) is 4.74 Å². The first-order valence-corrected chi connectivity index (χ1v) is 6.25. The van der Waals surface area contributed by atoms with Crippen LogP contribution >= 0.6 is 0 Å². The van der Waals surface area contributed by atoms with Crippen molar-refractivity contribution in [2.45, 2.75) is 31.0 Å². The Balaban J connectivity index is 2.12. The molecule has 1 aliphatic heterocycles. The lowest BCUT2D eigenvalue weighted by Crippen LogP contribution is -2.46. The van der Waals surface area contributed by atoms with Crippen molar-refractivity contribution in [3.05, 3.63) is 16.7 Å². The minimum atomic E-state index is -1.65. The Morgan fingerprint density at radius 1 is 1.62 bits per heavy atom. The van der Waals surface area contributed by atoms with Crippen LogP contribution < -0.4 is 11.3 Å². The number of fused-ring (bicyclic) bond motifs is 1. The quantitative estimate of drug-likeness (QED) is 0.414. The Labute approximate surface area is 117 Å². The maximum absolute atomic E-state index is 11.7. The summed E-state index contributed by atoms with van der Waals surface area (Å²) < 4.78 is 6.75. The molecule has 6 N–H and O–H groups in total. The van der Waals surface area contributed by atoms with Crippen LogP contribution in [0.2, 0.25) is 0 Å². The summed E-state index contributed by atoms with van der Waals surface area (Å²) in [5.41, 5.74) is 3.48. The van der Waals surface area contributed by atoms with Crippen molar-refractivity contribution in [2.24, 2.45) is 0 Å². The van der Waals surface area contributed by atoms with E-state index in [1.54, 1.807) is 0 Å². The second-order valence-electron chi connectivity index (χ2n) is 5.14. The number of hydrogen-bond acceptors (Lipinski definition) is 8. The third kappa shape index (κ3) is 1.92. The Kier molecular flexibility index (Phi) is 2.99. The van der Waals surface area contributed by atoms with Crippen molar-refractivity contribution in [3.63, 3.8) is 0 Å². The Bertz CT molecular complexity index is 738. The van der Waals surface area contributed by atoms with E-state index in [0.717, 1.165) is 0 Å². The fourth-order valence-corrected chi connectivity index (χ4v) is 2.43. The zero-order chi connectivity index (χ0) is 15.4. The summed E-state index contributed by atoms with van der Waals surface area (Å²) >= 11 is 0. The molecule has 3 heterocycles. The zero-order valence-electron chi connectivity index (χ0n) is 11.1. The van der Waals surface area contributed by atoms with Crippen molar-refractivity contribution >= 4 is 17.1 Å². The lowest BCUT2D eigenvalue weighted by Gasteiger charge is -2.25. The summed E-state index contributed by atoms with van der Waals surface area (Å²) in [7, 11) is 0. The zero-order valence-corrected chi connectivity index (χ0v) is 11.1. The molecule has 1 aliphatic rings. The van der Waals surface area contributed by atoms with Gasteiger partial charge in [-0.2, -0.15) is 4.98 Å². The topological polar surface area (TPSA) is 160 Å². The molecule has 2 aromatic heterocycles. The van der Waals surface area contributed by atoms with E-state index in [4.69, 9.17) is 10.5 Å². The van der Waals surface area contributed by atoms with Gasteiger partial charge in [0.1, 0.15) is 17.8 Å². The number of aromatic nitrogens is 4. The molecule has 0 spiro atoms. The fourth-order valence-electron chi connectivity index (χ4n) is 2.43. The minimum absolute atomic E-state index is 0.0343. The number of nitrogens with two attached hydrogens (primary N) is 1. The van der Waals surface area contributed by atoms with E-state index in [0.29, 0.717) is 0 Å². The van der Waals surface area contributed by atoms with E-state index in [-0.39, 0.29) is 17.1 Å². The maximum atomic E-state index is 11.7. The van der Waals surface area contributed by atoms with Crippen LogP contribution in [0.1, 0.15) is 13.2 Å². The molecule has 114 valence electrons. The van der Waals surface area contributed by atoms with Crippen LogP contribution in [0, 0.1) is 0 Å². The average molecular weight is 297 g/mol. The summed E-state index contributed by atoms with van der Waals surface area (Å²) in [4.78, 5) is 21.9. The highest BCUT2D eigenvalue weighted by molar-refractivity contribution is 5.70. The normalized spacial score (nSPS) is 32.9. The molecule has 21 heavy (non-hydrogen) atoms. The van der Waals surface area contributed by atoms with Gasteiger partial charge >= 0.3 is 0 Å². The minimum Gasteiger partial charge on any atom is -0.394 e. The predicted octanol–water partition coefficient (Wildman–Crippen LogP) is -2.30. The Hall–Kier alpha value is -2.01. The van der Waals surface area contributed by atoms with E-state index in [1.807, 2.05) is 0 Å². The molecule has 0 bridgehead atoms. The van der Waals surface area contributed by atoms with Gasteiger partial charge in [-0.05, 0) is 6.92 Å². The highest BCUT2D eigenvalue weighted by atomic mass is 16.6. The lowest BCUT2D eigenvalue weighted by molar-refractivity contribution is -0.0804. The molecule has 10 nitrogen and oxygen atoms in total. The van der Waals surface area contributed by atoms with E-state index >= 15 is 0 Å². The molecule has 3 rings (SSSR count). The SMILES string of the molecule is CC1(O)C(O)[C@H](n2cnc3c(=O)[nH]c(N)nc32)O[C@@H]1CO. The van der Waals surface area contributed by atoms with Crippen molar-refractivity contribution in [2.75, 3.05) is 12.3 Å². The molecule has 4 atom stereocenters. The number of hydrogen-bond donors (Lipinski definition) is 5. The van der Waals surface area contributed by atoms with Gasteiger partial charge in [-0.25, -0.2) is 4.98 Å². The lowest BCUT2D eigenvalue weighted by atomic mass is 9.95. The van der Waals surface area contributed by atoms with Gasteiger partial charge in [0.05, 0.1) is 12.9 Å². The number of H-pyrrole nitrogens is 1. The van der Waals surface area contributed by atoms with E-state index in [9.17, 15) is 20.1 Å². The van der Waals surface area contributed by atoms with Gasteiger partial charge in [-0.3, -0.25) is 14.3 Å². The molecule has 0 amide bonds. The molecule has 0 aliphatic carbocycles. The number of nitrogen functional groups attached to an aromatic ring is 1. The van der Waals surface area contributed by atoms with Crippen molar-refractivity contribution in [1.29, 1.82) is 0 Å². The smallest absolute Gasteiger partial charge is 0.280 e. The third-order valence-corrected chi connectivity index (χ3v) is 3.72. The highest BCUT2D eigenvalue weighted by Gasteiger charge is 2.52. The number of nitrogens with one attached hydrogen (secondary N) is 1. The molecular formula is C11H15N5O5. The number of aliphatic hydroxyl groups excluding tert-OH is 2. The molecule has 10 heteroatoms. The number of nitrogens with zero attached hydrogens (tertiary/aromatic N) is 3. The van der Waals surface area contributed by atoms with E-state index in [2.05, 4.69) is 15.0 Å². The van der Waals surface area contributed by atoms with Gasteiger partial charge in [0.2, 0.25) is 5.95 Å². The molecule has 1 saturated heterocycles. The third-order valence-electron chi connectivity index (χ3n) is 3.72. The molecule has 0 radical (unpaired) electrons. The van der Waals surface area contributed by atoms with Gasteiger partial charge in [0.15, 0.2) is 17.4 Å². The summed E-state index contributed by atoms with van der Waals surface area (Å²) in [6.07, 6.45) is -2.10. The van der Waals surface area contributed by atoms with Crippen LogP contribution in [-0.4, -0.2) is 59.3 Å². The molecule has 0 aromatic carbocycles. The largest absolute Gasteiger partial charge is 0.394 e. The molecule has 1 fully saturated rings. The molecular weight excluding hydrogens is 282 g/mol. The average Bonchev–Trinajstić information content (AvgIpc) is 2.91. The van der Waals surface area contributed by atoms with Gasteiger partial charge in [0.25, 0.3) is 5.56 Å². The van der Waals surface area contributed by atoms with Crippen LogP contribution in [0.5, 0.6) is 0 Å². The van der Waals surface area contributed by atoms with Gasteiger partial charge in [-0.1, -0.05) is 0 Å². The van der Waals surface area contributed by atoms with Crippen LogP contribution in [0.4, 0.5) is 5.95 Å². The van der Waals surface area contributed by atoms with Gasteiger partial charge in [0, 0.05) is 0 Å². The van der Waals surface area contributed by atoms with Gasteiger partial charge < -0.3 is 25.8 Å².